The molecule has 0 amide bonds. The molecule has 0 fully saturated rings. The second-order valence-corrected chi connectivity index (χ2v) is 5.25. The fourth-order valence-electron chi connectivity index (χ4n) is 0.762. The zero-order valence-electron chi connectivity index (χ0n) is 9.48. The second kappa shape index (κ2) is 9.65. The molecule has 0 aromatic rings. The molecule has 92 valence electrons. The van der Waals surface area contributed by atoms with E-state index in [0.717, 1.165) is 12.8 Å². The Balaban J connectivity index is 4.18. The van der Waals surface area contributed by atoms with Crippen molar-refractivity contribution in [3.63, 3.8) is 0 Å². The standard InChI is InChI=1S/C4H9O.3CH4O2.Ti/c1-2-3-4-5;3*1-3-2;/h2-4H2,1H3;3*2H,1H3;/q-1;;;;+4/p-3. The van der Waals surface area contributed by atoms with Crippen LogP contribution in [0.1, 0.15) is 19.8 Å². The SMILES string of the molecule is CCCC[O][Ti]([O]OC)([O]OC)[O]OC. The Morgan fingerprint density at radius 2 is 1.33 bits per heavy atom. The molecular weight excluding hydrogens is 244 g/mol. The van der Waals surface area contributed by atoms with E-state index in [1.165, 1.54) is 21.3 Å². The van der Waals surface area contributed by atoms with Gasteiger partial charge in [0.2, 0.25) is 0 Å². The van der Waals surface area contributed by atoms with Crippen molar-refractivity contribution in [1.29, 1.82) is 0 Å². The van der Waals surface area contributed by atoms with E-state index in [0.29, 0.717) is 6.61 Å². The second-order valence-electron chi connectivity index (χ2n) is 2.45. The van der Waals surface area contributed by atoms with Crippen LogP contribution in [-0.4, -0.2) is 27.9 Å². The van der Waals surface area contributed by atoms with Gasteiger partial charge in [-0.05, 0) is 0 Å². The molecule has 15 heavy (non-hydrogen) atoms. The minimum atomic E-state index is -4.04. The Labute approximate surface area is 94.5 Å². The Hall–Kier alpha value is 0.434. The van der Waals surface area contributed by atoms with E-state index in [9.17, 15) is 0 Å². The Morgan fingerprint density at radius 1 is 0.867 bits per heavy atom. The van der Waals surface area contributed by atoms with Crippen LogP contribution >= 0.6 is 0 Å². The van der Waals surface area contributed by atoms with E-state index in [2.05, 4.69) is 14.7 Å². The summed E-state index contributed by atoms with van der Waals surface area (Å²) in [4.78, 5) is 13.5. The predicted octanol–water partition coefficient (Wildman–Crippen LogP) is 1.35. The molecule has 0 saturated heterocycles. The van der Waals surface area contributed by atoms with Crippen LogP contribution in [0.4, 0.5) is 0 Å². The first-order valence-electron chi connectivity index (χ1n) is 4.54. The number of rotatable bonds is 10. The number of unbranched alkanes of at least 4 members (excludes halogenated alkanes) is 1. The molecule has 0 rings (SSSR count). The third-order valence-corrected chi connectivity index (χ3v) is 3.94. The normalized spacial score (nSPS) is 12.0. The fraction of sp³-hybridized carbons (Fsp3) is 1.00. The summed E-state index contributed by atoms with van der Waals surface area (Å²) in [7, 11) is 3.96. The maximum atomic E-state index is 5.34. The quantitative estimate of drug-likeness (QED) is 0.255. The number of hydrogen-bond acceptors (Lipinski definition) is 7. The van der Waals surface area contributed by atoms with Crippen LogP contribution in [0.15, 0.2) is 0 Å². The van der Waals surface area contributed by atoms with E-state index < -0.39 is 18.1 Å². The van der Waals surface area contributed by atoms with Gasteiger partial charge in [0.1, 0.15) is 0 Å². The van der Waals surface area contributed by atoms with Crippen LogP contribution in [0.25, 0.3) is 0 Å². The average Bonchev–Trinajstić information content (AvgIpc) is 2.19. The van der Waals surface area contributed by atoms with Gasteiger partial charge in [0.25, 0.3) is 0 Å². The average molecular weight is 262 g/mol. The molecule has 7 nitrogen and oxygen atoms in total. The van der Waals surface area contributed by atoms with Gasteiger partial charge in [-0.1, -0.05) is 0 Å². The molecule has 0 spiro atoms. The third kappa shape index (κ3) is 6.57. The van der Waals surface area contributed by atoms with E-state index >= 15 is 0 Å². The zero-order chi connectivity index (χ0) is 11.6. The van der Waals surface area contributed by atoms with Crippen LogP contribution in [0, 0.1) is 0 Å². The topological polar surface area (TPSA) is 64.6 Å². The fourth-order valence-corrected chi connectivity index (χ4v) is 2.69. The summed E-state index contributed by atoms with van der Waals surface area (Å²) in [5.74, 6) is 0. The number of hydrogen-bond donors (Lipinski definition) is 0. The Morgan fingerprint density at radius 3 is 1.67 bits per heavy atom. The van der Waals surface area contributed by atoms with Gasteiger partial charge in [-0.25, -0.2) is 0 Å². The summed E-state index contributed by atoms with van der Waals surface area (Å²) in [6, 6.07) is 0. The first-order chi connectivity index (χ1) is 7.24. The molecule has 0 atom stereocenters. The molecule has 0 aromatic heterocycles. The molecule has 0 aliphatic heterocycles. The first-order valence-corrected chi connectivity index (χ1v) is 7.09. The van der Waals surface area contributed by atoms with Crippen LogP contribution in [-0.2, 0) is 46.5 Å². The van der Waals surface area contributed by atoms with Crippen molar-refractivity contribution < 1.29 is 46.5 Å². The monoisotopic (exact) mass is 262 g/mol. The summed E-state index contributed by atoms with van der Waals surface area (Å²) in [6.45, 7) is 2.45. The predicted molar refractivity (Wildman–Crippen MR) is 45.1 cm³/mol. The van der Waals surface area contributed by atoms with Crippen molar-refractivity contribution in [3.8, 4) is 0 Å². The molecule has 0 aliphatic rings. The molecule has 0 aromatic carbocycles. The van der Waals surface area contributed by atoms with Crippen molar-refractivity contribution in [2.75, 3.05) is 27.9 Å². The summed E-state index contributed by atoms with van der Waals surface area (Å²) in [6.07, 6.45) is 1.82. The Bertz CT molecular complexity index is 128. The molecular formula is C7H18O7Ti. The van der Waals surface area contributed by atoms with Crippen LogP contribution < -0.4 is 0 Å². The molecule has 0 aliphatic carbocycles. The van der Waals surface area contributed by atoms with Gasteiger partial charge in [-0.3, -0.25) is 0 Å². The molecule has 0 unspecified atom stereocenters. The van der Waals surface area contributed by atoms with Gasteiger partial charge in [-0.15, -0.1) is 0 Å². The zero-order valence-corrected chi connectivity index (χ0v) is 11.0. The molecule has 0 saturated carbocycles. The molecule has 8 heteroatoms. The van der Waals surface area contributed by atoms with Gasteiger partial charge >= 0.3 is 94.2 Å². The first kappa shape index (κ1) is 15.4. The van der Waals surface area contributed by atoms with Crippen molar-refractivity contribution >= 4 is 0 Å². The maximum absolute atomic E-state index is 5.34. The minimum absolute atomic E-state index is 0.423. The van der Waals surface area contributed by atoms with Crippen molar-refractivity contribution in [1.82, 2.24) is 0 Å². The Kier molecular flexibility index (Phi) is 9.92. The van der Waals surface area contributed by atoms with Crippen molar-refractivity contribution in [2.45, 2.75) is 19.8 Å². The van der Waals surface area contributed by atoms with Gasteiger partial charge in [0.05, 0.1) is 0 Å². The molecule has 0 heterocycles. The van der Waals surface area contributed by atoms with Gasteiger partial charge in [0, 0.05) is 0 Å². The van der Waals surface area contributed by atoms with Crippen molar-refractivity contribution in [2.24, 2.45) is 0 Å². The van der Waals surface area contributed by atoms with Crippen LogP contribution in [0.5, 0.6) is 0 Å². The molecule has 0 N–H and O–H groups in total. The molecule has 0 radical (unpaired) electrons. The van der Waals surface area contributed by atoms with Gasteiger partial charge < -0.3 is 0 Å². The summed E-state index contributed by atoms with van der Waals surface area (Å²) < 4.78 is 19.8. The summed E-state index contributed by atoms with van der Waals surface area (Å²) in [5.41, 5.74) is 0. The van der Waals surface area contributed by atoms with E-state index in [4.69, 9.17) is 13.7 Å². The van der Waals surface area contributed by atoms with Crippen LogP contribution in [0.3, 0.4) is 0 Å². The third-order valence-electron chi connectivity index (χ3n) is 1.33. The summed E-state index contributed by atoms with van der Waals surface area (Å²) >= 11 is -4.04. The summed E-state index contributed by atoms with van der Waals surface area (Å²) in [5, 5.41) is 0. The van der Waals surface area contributed by atoms with E-state index in [1.54, 1.807) is 0 Å². The van der Waals surface area contributed by atoms with Crippen LogP contribution in [0.2, 0.25) is 0 Å². The molecule has 0 bridgehead atoms. The van der Waals surface area contributed by atoms with Gasteiger partial charge in [-0.2, -0.15) is 0 Å². The van der Waals surface area contributed by atoms with E-state index in [-0.39, 0.29) is 0 Å². The van der Waals surface area contributed by atoms with Crippen molar-refractivity contribution in [3.05, 3.63) is 0 Å². The van der Waals surface area contributed by atoms with Gasteiger partial charge in [0.15, 0.2) is 0 Å². The van der Waals surface area contributed by atoms with E-state index in [1.807, 2.05) is 6.92 Å².